The van der Waals surface area contributed by atoms with Gasteiger partial charge in [0.15, 0.2) is 5.56 Å². The Kier molecular flexibility index (Phi) is 5.25. The first-order valence-electron chi connectivity index (χ1n) is 7.41. The van der Waals surface area contributed by atoms with Crippen LogP contribution >= 0.6 is 23.2 Å². The van der Waals surface area contributed by atoms with Crippen molar-refractivity contribution < 1.29 is 18.8 Å². The molecule has 26 heavy (non-hydrogen) atoms. The molecule has 0 aliphatic rings. The lowest BCUT2D eigenvalue weighted by molar-refractivity contribution is 0.0602. The van der Waals surface area contributed by atoms with Gasteiger partial charge in [0.05, 0.1) is 17.2 Å². The second kappa shape index (κ2) is 7.59. The maximum Gasteiger partial charge on any atom is 0.345 e. The Morgan fingerprint density at radius 3 is 2.31 bits per heavy atom. The van der Waals surface area contributed by atoms with E-state index in [1.165, 1.54) is 7.11 Å². The van der Waals surface area contributed by atoms with Crippen molar-refractivity contribution in [2.45, 2.75) is 0 Å². The molecule has 1 amide bonds. The van der Waals surface area contributed by atoms with Crippen molar-refractivity contribution in [1.29, 1.82) is 0 Å². The van der Waals surface area contributed by atoms with Gasteiger partial charge in [0.25, 0.3) is 5.91 Å². The molecular weight excluding hydrogens is 379 g/mol. The molecule has 2 aromatic carbocycles. The zero-order valence-electron chi connectivity index (χ0n) is 13.5. The van der Waals surface area contributed by atoms with Crippen LogP contribution in [0, 0.1) is 0 Å². The lowest BCUT2D eigenvalue weighted by Gasteiger charge is -2.06. The molecule has 0 atom stereocenters. The van der Waals surface area contributed by atoms with Gasteiger partial charge in [-0.2, -0.15) is 0 Å². The van der Waals surface area contributed by atoms with E-state index in [1.807, 2.05) is 0 Å². The second-order valence-electron chi connectivity index (χ2n) is 5.14. The summed E-state index contributed by atoms with van der Waals surface area (Å²) in [6, 6.07) is 13.3. The fraction of sp³-hybridized carbons (Fsp3) is 0.0556. The van der Waals surface area contributed by atoms with E-state index in [2.05, 4.69) is 10.5 Å². The van der Waals surface area contributed by atoms with Crippen LogP contribution in [0.3, 0.4) is 0 Å². The zero-order valence-corrected chi connectivity index (χ0v) is 15.0. The van der Waals surface area contributed by atoms with Gasteiger partial charge in [-0.15, -0.1) is 0 Å². The number of methoxy groups -OCH3 is 1. The summed E-state index contributed by atoms with van der Waals surface area (Å²) in [5.74, 6) is -1.37. The molecule has 132 valence electrons. The zero-order chi connectivity index (χ0) is 18.7. The summed E-state index contributed by atoms with van der Waals surface area (Å²) < 4.78 is 9.96. The summed E-state index contributed by atoms with van der Waals surface area (Å²) in [6.07, 6.45) is 0. The number of carbonyl (C=O) groups excluding carboxylic acids is 2. The highest BCUT2D eigenvalue weighted by molar-refractivity contribution is 6.39. The van der Waals surface area contributed by atoms with Crippen LogP contribution in [0.15, 0.2) is 53.1 Å². The van der Waals surface area contributed by atoms with Crippen molar-refractivity contribution in [3.8, 4) is 11.3 Å². The summed E-state index contributed by atoms with van der Waals surface area (Å²) in [5.41, 5.74) is 0.694. The van der Waals surface area contributed by atoms with E-state index < -0.39 is 11.9 Å². The minimum atomic E-state index is -0.749. The van der Waals surface area contributed by atoms with Crippen molar-refractivity contribution in [2.75, 3.05) is 12.4 Å². The Balaban J connectivity index is 2.07. The lowest BCUT2D eigenvalue weighted by Crippen LogP contribution is -2.14. The predicted octanol–water partition coefficient (Wildman–Crippen LogP) is 4.69. The molecular formula is C18H12Cl2N2O4. The van der Waals surface area contributed by atoms with Crippen LogP contribution in [0.25, 0.3) is 11.3 Å². The Morgan fingerprint density at radius 2 is 1.69 bits per heavy atom. The topological polar surface area (TPSA) is 81.4 Å². The Bertz CT molecular complexity index is 950. The number of hydrogen-bond donors (Lipinski definition) is 1. The molecule has 8 heteroatoms. The van der Waals surface area contributed by atoms with E-state index in [4.69, 9.17) is 32.5 Å². The minimum absolute atomic E-state index is 0.0771. The molecule has 0 radical (unpaired) electrons. The number of esters is 1. The van der Waals surface area contributed by atoms with Gasteiger partial charge in [-0.3, -0.25) is 10.1 Å². The molecule has 0 unspecified atom stereocenters. The summed E-state index contributed by atoms with van der Waals surface area (Å²) in [4.78, 5) is 24.6. The molecule has 3 rings (SSSR count). The Morgan fingerprint density at radius 1 is 1.04 bits per heavy atom. The maximum absolute atomic E-state index is 12.4. The highest BCUT2D eigenvalue weighted by Crippen LogP contribution is 2.38. The van der Waals surface area contributed by atoms with E-state index in [-0.39, 0.29) is 27.2 Å². The second-order valence-corrected chi connectivity index (χ2v) is 5.96. The largest absolute Gasteiger partial charge is 0.465 e. The third kappa shape index (κ3) is 3.42. The number of aromatic nitrogens is 1. The molecule has 0 saturated heterocycles. The van der Waals surface area contributed by atoms with Crippen molar-refractivity contribution in [3.63, 3.8) is 0 Å². The number of hydrogen-bond acceptors (Lipinski definition) is 5. The van der Waals surface area contributed by atoms with Gasteiger partial charge in [0.2, 0.25) is 5.88 Å². The van der Waals surface area contributed by atoms with Gasteiger partial charge in [-0.1, -0.05) is 52.6 Å². The number of nitrogens with zero attached hydrogens (tertiary/aromatic N) is 1. The number of rotatable bonds is 4. The standard InChI is InChI=1S/C18H12Cl2N2O4/c1-25-18(24)14-15(13-11(19)8-5-9-12(13)20)22-26-17(14)21-16(23)10-6-3-2-4-7-10/h2-9H,1H3,(H,21,23). The maximum atomic E-state index is 12.4. The lowest BCUT2D eigenvalue weighted by atomic mass is 10.1. The highest BCUT2D eigenvalue weighted by Gasteiger charge is 2.28. The number of amides is 1. The van der Waals surface area contributed by atoms with Crippen molar-refractivity contribution in [3.05, 3.63) is 69.7 Å². The van der Waals surface area contributed by atoms with Crippen molar-refractivity contribution in [2.24, 2.45) is 0 Å². The monoisotopic (exact) mass is 390 g/mol. The van der Waals surface area contributed by atoms with Gasteiger partial charge in [0.1, 0.15) is 5.69 Å². The molecule has 0 aliphatic carbocycles. The van der Waals surface area contributed by atoms with Gasteiger partial charge in [-0.25, -0.2) is 4.79 Å². The van der Waals surface area contributed by atoms with Gasteiger partial charge in [0, 0.05) is 11.1 Å². The number of anilines is 1. The van der Waals surface area contributed by atoms with Crippen LogP contribution in [0.1, 0.15) is 20.7 Å². The van der Waals surface area contributed by atoms with E-state index >= 15 is 0 Å². The SMILES string of the molecule is COC(=O)c1c(-c2c(Cl)cccc2Cl)noc1NC(=O)c1ccccc1. The fourth-order valence-corrected chi connectivity index (χ4v) is 2.90. The first-order chi connectivity index (χ1) is 12.5. The normalized spacial score (nSPS) is 10.4. The summed E-state index contributed by atoms with van der Waals surface area (Å²) in [6.45, 7) is 0. The van der Waals surface area contributed by atoms with E-state index in [9.17, 15) is 9.59 Å². The number of ether oxygens (including phenoxy) is 1. The van der Waals surface area contributed by atoms with E-state index in [0.717, 1.165) is 0 Å². The van der Waals surface area contributed by atoms with Crippen LogP contribution in [-0.4, -0.2) is 24.1 Å². The van der Waals surface area contributed by atoms with Crippen LogP contribution < -0.4 is 5.32 Å². The first kappa shape index (κ1) is 18.0. The van der Waals surface area contributed by atoms with Crippen molar-refractivity contribution in [1.82, 2.24) is 5.16 Å². The molecule has 0 saturated carbocycles. The van der Waals surface area contributed by atoms with E-state index in [0.29, 0.717) is 11.1 Å². The number of benzene rings is 2. The number of nitrogens with one attached hydrogen (secondary N) is 1. The molecule has 1 heterocycles. The van der Waals surface area contributed by atoms with Crippen LogP contribution in [0.5, 0.6) is 0 Å². The molecule has 1 aromatic heterocycles. The highest BCUT2D eigenvalue weighted by atomic mass is 35.5. The molecule has 0 spiro atoms. The number of carbonyl (C=O) groups is 2. The molecule has 0 fully saturated rings. The smallest absolute Gasteiger partial charge is 0.345 e. The third-order valence-electron chi connectivity index (χ3n) is 3.54. The van der Waals surface area contributed by atoms with E-state index in [1.54, 1.807) is 48.5 Å². The summed E-state index contributed by atoms with van der Waals surface area (Å²) in [7, 11) is 1.20. The van der Waals surface area contributed by atoms with Crippen LogP contribution in [0.4, 0.5) is 5.88 Å². The molecule has 1 N–H and O–H groups in total. The van der Waals surface area contributed by atoms with Gasteiger partial charge in [-0.05, 0) is 24.3 Å². The minimum Gasteiger partial charge on any atom is -0.465 e. The number of halogens is 2. The molecule has 3 aromatic rings. The fourth-order valence-electron chi connectivity index (χ4n) is 2.33. The summed E-state index contributed by atoms with van der Waals surface area (Å²) >= 11 is 12.4. The van der Waals surface area contributed by atoms with Gasteiger partial charge < -0.3 is 9.26 Å². The van der Waals surface area contributed by atoms with Crippen molar-refractivity contribution >= 4 is 41.0 Å². The van der Waals surface area contributed by atoms with Crippen LogP contribution in [-0.2, 0) is 4.74 Å². The summed E-state index contributed by atoms with van der Waals surface area (Å²) in [5, 5.41) is 6.93. The third-order valence-corrected chi connectivity index (χ3v) is 4.17. The van der Waals surface area contributed by atoms with Gasteiger partial charge >= 0.3 is 5.97 Å². The van der Waals surface area contributed by atoms with Crippen LogP contribution in [0.2, 0.25) is 10.0 Å². The average Bonchev–Trinajstić information content (AvgIpc) is 3.04. The Labute approximate surface area is 158 Å². The first-order valence-corrected chi connectivity index (χ1v) is 8.17. The predicted molar refractivity (Wildman–Crippen MR) is 97.7 cm³/mol. The quantitative estimate of drug-likeness (QED) is 0.653. The Hall–Kier alpha value is -2.83. The average molecular weight is 391 g/mol. The molecule has 0 aliphatic heterocycles. The molecule has 6 nitrogen and oxygen atoms in total. The molecule has 0 bridgehead atoms.